The minimum Gasteiger partial charge on any atom is -0.305 e. The van der Waals surface area contributed by atoms with Crippen molar-refractivity contribution < 1.29 is 9.72 Å². The highest BCUT2D eigenvalue weighted by Crippen LogP contribution is 2.22. The van der Waals surface area contributed by atoms with E-state index in [0.717, 1.165) is 5.69 Å². The molecule has 0 radical (unpaired) electrons. The van der Waals surface area contributed by atoms with Crippen LogP contribution in [0.15, 0.2) is 61.2 Å². The quantitative estimate of drug-likeness (QED) is 0.479. The molecule has 0 aliphatic heterocycles. The third-order valence-corrected chi connectivity index (χ3v) is 3.27. The van der Waals surface area contributed by atoms with Crippen LogP contribution in [0.3, 0.4) is 0 Å². The largest absolute Gasteiger partial charge is 0.305 e. The molecular formula is C17H16N2O3. The van der Waals surface area contributed by atoms with E-state index in [9.17, 15) is 14.9 Å². The number of hydrogen-bond donors (Lipinski definition) is 0. The summed E-state index contributed by atoms with van der Waals surface area (Å²) in [6, 6.07) is 13.6. The number of aryl methyl sites for hydroxylation is 1. The first-order valence-corrected chi connectivity index (χ1v) is 6.77. The molecule has 2 rings (SSSR count). The monoisotopic (exact) mass is 296 g/mol. The molecule has 0 N–H and O–H groups in total. The topological polar surface area (TPSA) is 63.5 Å². The molecule has 0 saturated carbocycles. The number of carbonyl (C=O) groups is 1. The second-order valence-corrected chi connectivity index (χ2v) is 4.80. The Bertz CT molecular complexity index is 711. The Hall–Kier alpha value is -2.95. The highest BCUT2D eigenvalue weighted by atomic mass is 16.6. The van der Waals surface area contributed by atoms with Crippen molar-refractivity contribution in [2.24, 2.45) is 0 Å². The summed E-state index contributed by atoms with van der Waals surface area (Å²) in [6.07, 6.45) is 1.64. The third-order valence-electron chi connectivity index (χ3n) is 3.27. The predicted molar refractivity (Wildman–Crippen MR) is 86.1 cm³/mol. The molecule has 0 saturated heterocycles. The first kappa shape index (κ1) is 15.4. The van der Waals surface area contributed by atoms with Gasteiger partial charge in [-0.25, -0.2) is 0 Å². The number of nitro groups is 1. The van der Waals surface area contributed by atoms with Gasteiger partial charge in [0.1, 0.15) is 0 Å². The maximum Gasteiger partial charge on any atom is 0.272 e. The molecule has 22 heavy (non-hydrogen) atoms. The summed E-state index contributed by atoms with van der Waals surface area (Å²) in [7, 11) is 0. The van der Waals surface area contributed by atoms with Crippen LogP contribution < -0.4 is 4.90 Å². The van der Waals surface area contributed by atoms with Gasteiger partial charge < -0.3 is 4.90 Å². The zero-order valence-corrected chi connectivity index (χ0v) is 12.2. The maximum atomic E-state index is 12.7. The standard InChI is InChI=1S/C17H16N2O3/c1-3-11-18(15-7-5-4-6-8-15)17(20)14-9-10-16(19(21)22)13(2)12-14/h3-10,12H,1,11H2,2H3. The van der Waals surface area contributed by atoms with Crippen molar-refractivity contribution in [3.8, 4) is 0 Å². The van der Waals surface area contributed by atoms with Crippen LogP contribution >= 0.6 is 0 Å². The number of rotatable bonds is 5. The van der Waals surface area contributed by atoms with E-state index in [1.807, 2.05) is 30.3 Å². The SMILES string of the molecule is C=CCN(C(=O)c1ccc([N+](=O)[O-])c(C)c1)c1ccccc1. The Morgan fingerprint density at radius 1 is 1.27 bits per heavy atom. The van der Waals surface area contributed by atoms with Crippen molar-refractivity contribution >= 4 is 17.3 Å². The van der Waals surface area contributed by atoms with Crippen molar-refractivity contribution in [3.05, 3.63) is 82.4 Å². The first-order valence-electron chi connectivity index (χ1n) is 6.77. The molecule has 2 aromatic rings. The highest BCUT2D eigenvalue weighted by Gasteiger charge is 2.19. The smallest absolute Gasteiger partial charge is 0.272 e. The van der Waals surface area contributed by atoms with Crippen LogP contribution in [-0.2, 0) is 0 Å². The first-order chi connectivity index (χ1) is 10.5. The van der Waals surface area contributed by atoms with E-state index in [1.165, 1.54) is 12.1 Å². The van der Waals surface area contributed by atoms with E-state index in [4.69, 9.17) is 0 Å². The van der Waals surface area contributed by atoms with Gasteiger partial charge in [-0.05, 0) is 31.2 Å². The second kappa shape index (κ2) is 6.67. The Labute approximate surface area is 128 Å². The molecule has 0 atom stereocenters. The highest BCUT2D eigenvalue weighted by molar-refractivity contribution is 6.06. The van der Waals surface area contributed by atoms with Crippen LogP contribution in [0.1, 0.15) is 15.9 Å². The van der Waals surface area contributed by atoms with Crippen LogP contribution in [0.4, 0.5) is 11.4 Å². The normalized spacial score (nSPS) is 10.0. The van der Waals surface area contributed by atoms with Gasteiger partial charge in [0.05, 0.1) is 4.92 Å². The van der Waals surface area contributed by atoms with Crippen molar-refractivity contribution in [1.82, 2.24) is 0 Å². The number of benzene rings is 2. The van der Waals surface area contributed by atoms with Gasteiger partial charge in [-0.3, -0.25) is 14.9 Å². The number of amides is 1. The Kier molecular flexibility index (Phi) is 4.68. The molecule has 112 valence electrons. The van der Waals surface area contributed by atoms with Crippen molar-refractivity contribution in [2.75, 3.05) is 11.4 Å². The Morgan fingerprint density at radius 2 is 1.95 bits per heavy atom. The summed E-state index contributed by atoms with van der Waals surface area (Å²) >= 11 is 0. The number of nitro benzene ring substituents is 1. The fourth-order valence-electron chi connectivity index (χ4n) is 2.19. The minimum atomic E-state index is -0.456. The van der Waals surface area contributed by atoms with Gasteiger partial charge in [-0.2, -0.15) is 0 Å². The molecule has 2 aromatic carbocycles. The summed E-state index contributed by atoms with van der Waals surface area (Å²) in [6.45, 7) is 5.65. The molecule has 0 aliphatic carbocycles. The van der Waals surface area contributed by atoms with Crippen LogP contribution in [0.2, 0.25) is 0 Å². The van der Waals surface area contributed by atoms with E-state index < -0.39 is 4.92 Å². The van der Waals surface area contributed by atoms with E-state index in [-0.39, 0.29) is 11.6 Å². The van der Waals surface area contributed by atoms with Gasteiger partial charge in [0.2, 0.25) is 0 Å². The van der Waals surface area contributed by atoms with Gasteiger partial charge in [-0.1, -0.05) is 24.3 Å². The van der Waals surface area contributed by atoms with E-state index in [0.29, 0.717) is 17.7 Å². The molecule has 5 heteroatoms. The lowest BCUT2D eigenvalue weighted by Gasteiger charge is -2.21. The van der Waals surface area contributed by atoms with Gasteiger partial charge in [0, 0.05) is 29.4 Å². The molecule has 0 bridgehead atoms. The zero-order chi connectivity index (χ0) is 16.1. The summed E-state index contributed by atoms with van der Waals surface area (Å²) in [5, 5.41) is 10.9. The van der Waals surface area contributed by atoms with Crippen molar-refractivity contribution in [3.63, 3.8) is 0 Å². The Morgan fingerprint density at radius 3 is 2.50 bits per heavy atom. The molecule has 0 aromatic heterocycles. The second-order valence-electron chi connectivity index (χ2n) is 4.80. The molecule has 0 heterocycles. The third kappa shape index (κ3) is 3.20. The molecule has 0 spiro atoms. The van der Waals surface area contributed by atoms with Gasteiger partial charge in [-0.15, -0.1) is 6.58 Å². The predicted octanol–water partition coefficient (Wildman–Crippen LogP) is 3.74. The number of nitrogens with zero attached hydrogens (tertiary/aromatic N) is 2. The molecule has 0 unspecified atom stereocenters. The zero-order valence-electron chi connectivity index (χ0n) is 12.2. The molecule has 0 fully saturated rings. The lowest BCUT2D eigenvalue weighted by molar-refractivity contribution is -0.385. The fraction of sp³-hybridized carbons (Fsp3) is 0.118. The van der Waals surface area contributed by atoms with Crippen LogP contribution in [0.5, 0.6) is 0 Å². The number of para-hydroxylation sites is 1. The summed E-state index contributed by atoms with van der Waals surface area (Å²) in [5.41, 5.74) is 1.63. The van der Waals surface area contributed by atoms with E-state index >= 15 is 0 Å². The summed E-state index contributed by atoms with van der Waals surface area (Å²) in [5.74, 6) is -0.218. The lowest BCUT2D eigenvalue weighted by Crippen LogP contribution is -2.31. The van der Waals surface area contributed by atoms with Crippen molar-refractivity contribution in [1.29, 1.82) is 0 Å². The van der Waals surface area contributed by atoms with E-state index in [1.54, 1.807) is 24.0 Å². The molecule has 5 nitrogen and oxygen atoms in total. The molecular weight excluding hydrogens is 280 g/mol. The minimum absolute atomic E-state index is 0.00605. The number of anilines is 1. The summed E-state index contributed by atoms with van der Waals surface area (Å²) in [4.78, 5) is 24.7. The van der Waals surface area contributed by atoms with Gasteiger partial charge in [0.25, 0.3) is 11.6 Å². The maximum absolute atomic E-state index is 12.7. The average molecular weight is 296 g/mol. The number of hydrogen-bond acceptors (Lipinski definition) is 3. The Balaban J connectivity index is 2.37. The average Bonchev–Trinajstić information content (AvgIpc) is 2.52. The van der Waals surface area contributed by atoms with Crippen LogP contribution in [0, 0.1) is 17.0 Å². The van der Waals surface area contributed by atoms with Gasteiger partial charge >= 0.3 is 0 Å². The van der Waals surface area contributed by atoms with Crippen molar-refractivity contribution in [2.45, 2.75) is 6.92 Å². The lowest BCUT2D eigenvalue weighted by atomic mass is 10.1. The van der Waals surface area contributed by atoms with Crippen LogP contribution in [-0.4, -0.2) is 17.4 Å². The fourth-order valence-corrected chi connectivity index (χ4v) is 2.19. The molecule has 1 amide bonds. The molecule has 0 aliphatic rings. The van der Waals surface area contributed by atoms with Gasteiger partial charge in [0.15, 0.2) is 0 Å². The summed E-state index contributed by atoms with van der Waals surface area (Å²) < 4.78 is 0. The number of carbonyl (C=O) groups excluding carboxylic acids is 1. The van der Waals surface area contributed by atoms with Crippen LogP contribution in [0.25, 0.3) is 0 Å². The van der Waals surface area contributed by atoms with E-state index in [2.05, 4.69) is 6.58 Å².